The minimum absolute atomic E-state index is 0.0264. The van der Waals surface area contributed by atoms with Crippen LogP contribution in [0.1, 0.15) is 26.7 Å². The van der Waals surface area contributed by atoms with Crippen molar-refractivity contribution in [3.8, 4) is 11.5 Å². The van der Waals surface area contributed by atoms with Crippen molar-refractivity contribution in [1.29, 1.82) is 0 Å². The number of likely N-dealkylation sites (N-methyl/N-ethyl adjacent to an activating group) is 1. The molecule has 0 bridgehead atoms. The van der Waals surface area contributed by atoms with Gasteiger partial charge in [-0.05, 0) is 38.4 Å². The lowest BCUT2D eigenvalue weighted by atomic mass is 10.0. The van der Waals surface area contributed by atoms with Crippen LogP contribution in [0.15, 0.2) is 24.3 Å². The number of ether oxygens (including phenoxy) is 2. The number of rotatable bonds is 9. The first-order valence-electron chi connectivity index (χ1n) is 9.13. The Balaban J connectivity index is 1.82. The summed E-state index contributed by atoms with van der Waals surface area (Å²) in [6.07, 6.45) is 1.56. The number of benzene rings is 1. The number of para-hydroxylation sites is 2. The number of hydrogen-bond donors (Lipinski definition) is 1. The number of piperidine rings is 1. The van der Waals surface area contributed by atoms with Crippen molar-refractivity contribution in [3.63, 3.8) is 0 Å². The van der Waals surface area contributed by atoms with E-state index in [-0.39, 0.29) is 25.1 Å². The molecule has 26 heavy (non-hydrogen) atoms. The minimum Gasteiger partial charge on any atom is -0.490 e. The molecule has 1 aliphatic heterocycles. The SMILES string of the molecule is CCOc1ccccc1OCC(=O)N1CCC(N(CC)CC(=O)O)CC1. The van der Waals surface area contributed by atoms with Gasteiger partial charge in [0.05, 0.1) is 13.2 Å². The second-order valence-electron chi connectivity index (χ2n) is 6.24. The number of carbonyl (C=O) groups excluding carboxylic acids is 1. The molecular weight excluding hydrogens is 336 g/mol. The van der Waals surface area contributed by atoms with Gasteiger partial charge in [-0.15, -0.1) is 0 Å². The number of hydrogen-bond acceptors (Lipinski definition) is 5. The summed E-state index contributed by atoms with van der Waals surface area (Å²) < 4.78 is 11.1. The predicted molar refractivity (Wildman–Crippen MR) is 97.6 cm³/mol. The summed E-state index contributed by atoms with van der Waals surface area (Å²) in [6.45, 7) is 6.36. The smallest absolute Gasteiger partial charge is 0.317 e. The van der Waals surface area contributed by atoms with Crippen molar-refractivity contribution < 1.29 is 24.2 Å². The van der Waals surface area contributed by atoms with Gasteiger partial charge in [-0.1, -0.05) is 19.1 Å². The van der Waals surface area contributed by atoms with E-state index < -0.39 is 5.97 Å². The van der Waals surface area contributed by atoms with Gasteiger partial charge < -0.3 is 19.5 Å². The summed E-state index contributed by atoms with van der Waals surface area (Å²) in [7, 11) is 0. The third-order valence-electron chi connectivity index (χ3n) is 4.58. The van der Waals surface area contributed by atoms with Crippen LogP contribution >= 0.6 is 0 Å². The van der Waals surface area contributed by atoms with Crippen molar-refractivity contribution >= 4 is 11.9 Å². The monoisotopic (exact) mass is 364 g/mol. The van der Waals surface area contributed by atoms with Crippen molar-refractivity contribution in [2.75, 3.05) is 39.4 Å². The third-order valence-corrected chi connectivity index (χ3v) is 4.58. The van der Waals surface area contributed by atoms with E-state index in [1.165, 1.54) is 0 Å². The predicted octanol–water partition coefficient (Wildman–Crippen LogP) is 1.86. The minimum atomic E-state index is -0.813. The van der Waals surface area contributed by atoms with Crippen molar-refractivity contribution in [2.45, 2.75) is 32.7 Å². The molecule has 1 aromatic rings. The third kappa shape index (κ3) is 5.62. The average molecular weight is 364 g/mol. The summed E-state index contributed by atoms with van der Waals surface area (Å²) in [4.78, 5) is 27.1. The number of likely N-dealkylation sites (tertiary alicyclic amines) is 1. The van der Waals surface area contributed by atoms with Crippen LogP contribution in [-0.4, -0.2) is 72.2 Å². The molecule has 7 heteroatoms. The molecule has 0 aromatic heterocycles. The molecule has 1 N–H and O–H groups in total. The molecule has 0 atom stereocenters. The van der Waals surface area contributed by atoms with Gasteiger partial charge in [-0.2, -0.15) is 0 Å². The van der Waals surface area contributed by atoms with Gasteiger partial charge in [0, 0.05) is 19.1 Å². The fourth-order valence-electron chi connectivity index (χ4n) is 3.23. The molecule has 1 amide bonds. The van der Waals surface area contributed by atoms with Crippen LogP contribution in [-0.2, 0) is 9.59 Å². The molecule has 1 aliphatic rings. The molecule has 2 rings (SSSR count). The first-order chi connectivity index (χ1) is 12.5. The van der Waals surface area contributed by atoms with Crippen LogP contribution in [0.4, 0.5) is 0 Å². The summed E-state index contributed by atoms with van der Waals surface area (Å²) in [5.74, 6) is 0.327. The Hall–Kier alpha value is -2.28. The second-order valence-corrected chi connectivity index (χ2v) is 6.24. The average Bonchev–Trinajstić information content (AvgIpc) is 2.65. The highest BCUT2D eigenvalue weighted by molar-refractivity contribution is 5.78. The molecule has 0 unspecified atom stereocenters. The summed E-state index contributed by atoms with van der Waals surface area (Å²) in [5, 5.41) is 8.99. The maximum Gasteiger partial charge on any atom is 0.317 e. The molecule has 1 heterocycles. The lowest BCUT2D eigenvalue weighted by Gasteiger charge is -2.37. The highest BCUT2D eigenvalue weighted by Crippen LogP contribution is 2.26. The Labute approximate surface area is 154 Å². The number of carbonyl (C=O) groups is 2. The van der Waals surface area contributed by atoms with Crippen molar-refractivity contribution in [2.24, 2.45) is 0 Å². The van der Waals surface area contributed by atoms with Gasteiger partial charge in [0.15, 0.2) is 18.1 Å². The fourth-order valence-corrected chi connectivity index (χ4v) is 3.23. The first-order valence-corrected chi connectivity index (χ1v) is 9.13. The van der Waals surface area contributed by atoms with E-state index in [1.54, 1.807) is 11.0 Å². The summed E-state index contributed by atoms with van der Waals surface area (Å²) in [6, 6.07) is 7.52. The number of aliphatic carboxylic acids is 1. The lowest BCUT2D eigenvalue weighted by molar-refractivity contribution is -0.140. The molecule has 7 nitrogen and oxygen atoms in total. The van der Waals surface area contributed by atoms with E-state index >= 15 is 0 Å². The summed E-state index contributed by atoms with van der Waals surface area (Å²) >= 11 is 0. The van der Waals surface area contributed by atoms with Crippen LogP contribution in [0, 0.1) is 0 Å². The van der Waals surface area contributed by atoms with Crippen LogP contribution in [0.3, 0.4) is 0 Å². The van der Waals surface area contributed by atoms with Crippen LogP contribution in [0.2, 0.25) is 0 Å². The number of carboxylic acids is 1. The Bertz CT molecular complexity index is 599. The Kier molecular flexibility index (Phi) is 7.72. The zero-order valence-corrected chi connectivity index (χ0v) is 15.5. The Morgan fingerprint density at radius 3 is 2.31 bits per heavy atom. The zero-order chi connectivity index (χ0) is 18.9. The molecule has 0 aliphatic carbocycles. The standard InChI is InChI=1S/C19H28N2O5/c1-3-20(13-19(23)24)15-9-11-21(12-10-15)18(22)14-26-17-8-6-5-7-16(17)25-4-2/h5-8,15H,3-4,9-14H2,1-2H3,(H,23,24). The van der Waals surface area contributed by atoms with E-state index in [0.29, 0.717) is 37.7 Å². The largest absolute Gasteiger partial charge is 0.490 e. The molecule has 0 radical (unpaired) electrons. The summed E-state index contributed by atoms with van der Waals surface area (Å²) in [5.41, 5.74) is 0. The molecule has 0 spiro atoms. The highest BCUT2D eigenvalue weighted by Gasteiger charge is 2.27. The highest BCUT2D eigenvalue weighted by atomic mass is 16.5. The van der Waals surface area contributed by atoms with Gasteiger partial charge in [0.25, 0.3) is 5.91 Å². The van der Waals surface area contributed by atoms with Crippen LogP contribution < -0.4 is 9.47 Å². The van der Waals surface area contributed by atoms with Gasteiger partial charge in [0.1, 0.15) is 0 Å². The molecule has 1 fully saturated rings. The number of nitrogens with zero attached hydrogens (tertiary/aromatic N) is 2. The molecule has 144 valence electrons. The Morgan fingerprint density at radius 2 is 1.77 bits per heavy atom. The van der Waals surface area contributed by atoms with Gasteiger partial charge in [0.2, 0.25) is 0 Å². The topological polar surface area (TPSA) is 79.3 Å². The van der Waals surface area contributed by atoms with Crippen molar-refractivity contribution in [3.05, 3.63) is 24.3 Å². The van der Waals surface area contributed by atoms with Gasteiger partial charge in [-0.3, -0.25) is 14.5 Å². The lowest BCUT2D eigenvalue weighted by Crippen LogP contribution is -2.49. The molecule has 1 aromatic carbocycles. The Morgan fingerprint density at radius 1 is 1.15 bits per heavy atom. The zero-order valence-electron chi connectivity index (χ0n) is 15.5. The van der Waals surface area contributed by atoms with Crippen molar-refractivity contribution in [1.82, 2.24) is 9.80 Å². The van der Waals surface area contributed by atoms with E-state index in [0.717, 1.165) is 12.8 Å². The van der Waals surface area contributed by atoms with E-state index in [4.69, 9.17) is 14.6 Å². The quantitative estimate of drug-likeness (QED) is 0.721. The first kappa shape index (κ1) is 20.0. The van der Waals surface area contributed by atoms with E-state index in [9.17, 15) is 9.59 Å². The molecule has 0 saturated carbocycles. The normalized spacial score (nSPS) is 15.1. The second kappa shape index (κ2) is 10.0. The van der Waals surface area contributed by atoms with Gasteiger partial charge >= 0.3 is 5.97 Å². The van der Waals surface area contributed by atoms with Crippen LogP contribution in [0.25, 0.3) is 0 Å². The maximum atomic E-state index is 12.4. The van der Waals surface area contributed by atoms with Crippen LogP contribution in [0.5, 0.6) is 11.5 Å². The van der Waals surface area contributed by atoms with Gasteiger partial charge in [-0.25, -0.2) is 0 Å². The maximum absolute atomic E-state index is 12.4. The molecule has 1 saturated heterocycles. The number of carboxylic acid groups (broad SMARTS) is 1. The fraction of sp³-hybridized carbons (Fsp3) is 0.579. The molecular formula is C19H28N2O5. The number of amides is 1. The van der Waals surface area contributed by atoms with E-state index in [1.807, 2.05) is 36.9 Å². The van der Waals surface area contributed by atoms with E-state index in [2.05, 4.69) is 0 Å².